The van der Waals surface area contributed by atoms with Gasteiger partial charge in [0.2, 0.25) is 5.91 Å². The summed E-state index contributed by atoms with van der Waals surface area (Å²) in [6, 6.07) is 14.5. The summed E-state index contributed by atoms with van der Waals surface area (Å²) in [5.41, 5.74) is 2.33. The van der Waals surface area contributed by atoms with Gasteiger partial charge in [0.05, 0.1) is 24.4 Å². The predicted octanol–water partition coefficient (Wildman–Crippen LogP) is 3.63. The van der Waals surface area contributed by atoms with Crippen molar-refractivity contribution in [2.75, 3.05) is 18.6 Å². The van der Waals surface area contributed by atoms with Crippen LogP contribution >= 0.6 is 11.6 Å². The molecule has 0 spiro atoms. The van der Waals surface area contributed by atoms with E-state index in [2.05, 4.69) is 5.10 Å². The van der Waals surface area contributed by atoms with E-state index >= 15 is 0 Å². The van der Waals surface area contributed by atoms with Gasteiger partial charge >= 0.3 is 5.97 Å². The lowest BCUT2D eigenvalue weighted by atomic mass is 10.1. The highest BCUT2D eigenvalue weighted by molar-refractivity contribution is 6.31. The Hall–Kier alpha value is -3.32. The second-order valence-corrected chi connectivity index (χ2v) is 7.38. The van der Waals surface area contributed by atoms with E-state index in [1.165, 1.54) is 12.0 Å². The first kappa shape index (κ1) is 20.0. The number of aromatic nitrogens is 2. The Kier molecular flexibility index (Phi) is 5.72. The molecule has 1 atom stereocenters. The zero-order valence-corrected chi connectivity index (χ0v) is 17.1. The minimum atomic E-state index is -0.537. The van der Waals surface area contributed by atoms with Crippen LogP contribution in [0.1, 0.15) is 12.0 Å². The minimum absolute atomic E-state index is 0.0900. The van der Waals surface area contributed by atoms with Gasteiger partial charge in [-0.15, -0.1) is 0 Å². The molecule has 4 rings (SSSR count). The van der Waals surface area contributed by atoms with Gasteiger partial charge in [-0.05, 0) is 42.0 Å². The summed E-state index contributed by atoms with van der Waals surface area (Å²) in [6.45, 7) is 0.371. The number of nitrogens with zero attached hydrogens (tertiary/aromatic N) is 3. The number of hydrogen-bond donors (Lipinski definition) is 0. The predicted molar refractivity (Wildman–Crippen MR) is 112 cm³/mol. The molecule has 0 N–H and O–H groups in total. The first-order valence-electron chi connectivity index (χ1n) is 9.44. The number of hydrogen-bond acceptors (Lipinski definition) is 5. The Morgan fingerprint density at radius 2 is 2.03 bits per heavy atom. The lowest BCUT2D eigenvalue weighted by Gasteiger charge is -2.19. The number of ether oxygens (including phenoxy) is 2. The zero-order chi connectivity index (χ0) is 21.1. The van der Waals surface area contributed by atoms with Gasteiger partial charge < -0.3 is 14.4 Å². The number of amides is 1. The van der Waals surface area contributed by atoms with Gasteiger partial charge in [0.1, 0.15) is 12.4 Å². The molecule has 0 radical (unpaired) electrons. The molecule has 1 aromatic heterocycles. The van der Waals surface area contributed by atoms with Crippen molar-refractivity contribution in [3.63, 3.8) is 0 Å². The number of carbonyl (C=O) groups excluding carboxylic acids is 2. The van der Waals surface area contributed by atoms with Gasteiger partial charge in [-0.25, -0.2) is 4.68 Å². The van der Waals surface area contributed by atoms with Crippen LogP contribution in [0.15, 0.2) is 60.9 Å². The first-order chi connectivity index (χ1) is 14.5. The molecule has 1 unspecified atom stereocenters. The van der Waals surface area contributed by atoms with Gasteiger partial charge in [0.25, 0.3) is 0 Å². The zero-order valence-electron chi connectivity index (χ0n) is 16.3. The van der Waals surface area contributed by atoms with Gasteiger partial charge in [0, 0.05) is 30.4 Å². The second-order valence-electron chi connectivity index (χ2n) is 6.95. The normalized spacial score (nSPS) is 16.0. The number of benzene rings is 2. The summed E-state index contributed by atoms with van der Waals surface area (Å²) in [4.78, 5) is 26.6. The summed E-state index contributed by atoms with van der Waals surface area (Å²) < 4.78 is 12.5. The number of anilines is 1. The summed E-state index contributed by atoms with van der Waals surface area (Å²) in [5.74, 6) is -0.576. The topological polar surface area (TPSA) is 73.7 Å². The van der Waals surface area contributed by atoms with Crippen LogP contribution in [-0.4, -0.2) is 35.3 Å². The maximum absolute atomic E-state index is 12.5. The average molecular weight is 426 g/mol. The van der Waals surface area contributed by atoms with Gasteiger partial charge in [-0.2, -0.15) is 5.10 Å². The second kappa shape index (κ2) is 8.59. The summed E-state index contributed by atoms with van der Waals surface area (Å²) in [5, 5.41) is 4.67. The molecular weight excluding hydrogens is 406 g/mol. The number of methoxy groups -OCH3 is 1. The lowest BCUT2D eigenvalue weighted by Crippen LogP contribution is -2.26. The molecule has 8 heteroatoms. The van der Waals surface area contributed by atoms with E-state index in [1.54, 1.807) is 29.1 Å². The smallest absolute Gasteiger partial charge is 0.311 e. The lowest BCUT2D eigenvalue weighted by molar-refractivity contribution is -0.149. The van der Waals surface area contributed by atoms with Gasteiger partial charge in [-0.1, -0.05) is 23.7 Å². The highest BCUT2D eigenvalue weighted by atomic mass is 35.5. The molecule has 2 heterocycles. The fourth-order valence-electron chi connectivity index (χ4n) is 3.41. The van der Waals surface area contributed by atoms with E-state index in [0.717, 1.165) is 11.3 Å². The molecule has 30 heavy (non-hydrogen) atoms. The Balaban J connectivity index is 1.38. The molecule has 0 aliphatic carbocycles. The Bertz CT molecular complexity index is 1050. The van der Waals surface area contributed by atoms with E-state index in [-0.39, 0.29) is 25.5 Å². The fourth-order valence-corrected chi connectivity index (χ4v) is 3.58. The maximum atomic E-state index is 12.5. The molecule has 1 aliphatic heterocycles. The number of rotatable bonds is 6. The quantitative estimate of drug-likeness (QED) is 0.564. The van der Waals surface area contributed by atoms with Crippen LogP contribution < -0.4 is 9.64 Å². The third-order valence-electron chi connectivity index (χ3n) is 4.98. The molecular formula is C22H20ClN3O4. The van der Waals surface area contributed by atoms with E-state index in [0.29, 0.717) is 16.5 Å². The molecule has 7 nitrogen and oxygen atoms in total. The highest BCUT2D eigenvalue weighted by Crippen LogP contribution is 2.35. The van der Waals surface area contributed by atoms with Gasteiger partial charge in [-0.3, -0.25) is 9.59 Å². The standard InChI is InChI=1S/C22H20ClN3O4/c1-29-20-8-5-17(23)12-19(20)25-13-16(11-21(25)27)22(28)30-14-15-3-6-18(7-4-15)26-10-2-9-24-26/h2-10,12,16H,11,13-14H2,1H3. The van der Waals surface area contributed by atoms with Crippen LogP contribution in [0.25, 0.3) is 5.69 Å². The molecule has 0 bridgehead atoms. The first-order valence-corrected chi connectivity index (χ1v) is 9.82. The van der Waals surface area contributed by atoms with Crippen molar-refractivity contribution in [2.24, 2.45) is 5.92 Å². The molecule has 1 aliphatic rings. The summed E-state index contributed by atoms with van der Waals surface area (Å²) in [7, 11) is 1.52. The molecule has 1 amide bonds. The van der Waals surface area contributed by atoms with Crippen molar-refractivity contribution >= 4 is 29.2 Å². The van der Waals surface area contributed by atoms with Crippen molar-refractivity contribution in [2.45, 2.75) is 13.0 Å². The van der Waals surface area contributed by atoms with Crippen molar-refractivity contribution in [3.8, 4) is 11.4 Å². The third-order valence-corrected chi connectivity index (χ3v) is 5.21. The monoisotopic (exact) mass is 425 g/mol. The molecule has 3 aromatic rings. The average Bonchev–Trinajstić information content (AvgIpc) is 3.42. The summed E-state index contributed by atoms with van der Waals surface area (Å²) in [6.07, 6.45) is 3.65. The van der Waals surface area contributed by atoms with Crippen LogP contribution in [0, 0.1) is 5.92 Å². The van der Waals surface area contributed by atoms with Crippen LogP contribution in [0.2, 0.25) is 5.02 Å². The Morgan fingerprint density at radius 1 is 1.23 bits per heavy atom. The fraction of sp³-hybridized carbons (Fsp3) is 0.227. The van der Waals surface area contributed by atoms with Crippen LogP contribution in [0.5, 0.6) is 5.75 Å². The van der Waals surface area contributed by atoms with Crippen LogP contribution in [0.3, 0.4) is 0 Å². The summed E-state index contributed by atoms with van der Waals surface area (Å²) >= 11 is 6.07. The highest BCUT2D eigenvalue weighted by Gasteiger charge is 2.37. The van der Waals surface area contributed by atoms with E-state index in [4.69, 9.17) is 21.1 Å². The Labute approximate surface area is 178 Å². The van der Waals surface area contributed by atoms with E-state index in [1.807, 2.05) is 36.5 Å². The molecule has 154 valence electrons. The number of esters is 1. The largest absolute Gasteiger partial charge is 0.495 e. The van der Waals surface area contributed by atoms with Crippen LogP contribution in [0.4, 0.5) is 5.69 Å². The van der Waals surface area contributed by atoms with Crippen molar-refractivity contribution < 1.29 is 19.1 Å². The molecule has 2 aromatic carbocycles. The Morgan fingerprint density at radius 3 is 2.73 bits per heavy atom. The van der Waals surface area contributed by atoms with Crippen molar-refractivity contribution in [1.82, 2.24) is 9.78 Å². The van der Waals surface area contributed by atoms with E-state index in [9.17, 15) is 9.59 Å². The SMILES string of the molecule is COc1ccc(Cl)cc1N1CC(C(=O)OCc2ccc(-n3cccn3)cc2)CC1=O. The number of halogens is 1. The van der Waals surface area contributed by atoms with Gasteiger partial charge in [0.15, 0.2) is 0 Å². The maximum Gasteiger partial charge on any atom is 0.311 e. The minimum Gasteiger partial charge on any atom is -0.495 e. The number of carbonyl (C=O) groups is 2. The van der Waals surface area contributed by atoms with Crippen molar-refractivity contribution in [1.29, 1.82) is 0 Å². The van der Waals surface area contributed by atoms with Crippen molar-refractivity contribution in [3.05, 3.63) is 71.5 Å². The van der Waals surface area contributed by atoms with E-state index < -0.39 is 11.9 Å². The molecule has 1 saturated heterocycles. The van der Waals surface area contributed by atoms with Crippen LogP contribution in [-0.2, 0) is 20.9 Å². The molecule has 0 saturated carbocycles. The third kappa shape index (κ3) is 4.16. The molecule has 1 fully saturated rings.